The fourth-order valence-electron chi connectivity index (χ4n) is 2.47. The van der Waals surface area contributed by atoms with Gasteiger partial charge in [-0.15, -0.1) is 0 Å². The number of anilines is 1. The van der Waals surface area contributed by atoms with Gasteiger partial charge in [0.1, 0.15) is 17.3 Å². The molecule has 0 spiro atoms. The summed E-state index contributed by atoms with van der Waals surface area (Å²) >= 11 is 0. The van der Waals surface area contributed by atoms with Crippen LogP contribution in [-0.4, -0.2) is 36.9 Å². The number of carboxylic acid groups (broad SMARTS) is 1. The molecule has 0 bridgehead atoms. The molecule has 1 aromatic carbocycles. The number of halogens is 2. The van der Waals surface area contributed by atoms with Gasteiger partial charge in [-0.05, 0) is 31.9 Å². The van der Waals surface area contributed by atoms with Crippen LogP contribution in [0.4, 0.5) is 14.5 Å². The Morgan fingerprint density at radius 3 is 2.35 bits per heavy atom. The summed E-state index contributed by atoms with van der Waals surface area (Å²) < 4.78 is 33.3. The lowest BCUT2D eigenvalue weighted by atomic mass is 10.1. The van der Waals surface area contributed by atoms with E-state index in [1.54, 1.807) is 4.90 Å². The highest BCUT2D eigenvalue weighted by Crippen LogP contribution is 2.28. The van der Waals surface area contributed by atoms with Crippen molar-refractivity contribution in [1.82, 2.24) is 0 Å². The molecule has 0 aliphatic carbocycles. The predicted molar refractivity (Wildman–Crippen MR) is 70.2 cm³/mol. The van der Waals surface area contributed by atoms with E-state index in [1.807, 2.05) is 6.92 Å². The van der Waals surface area contributed by atoms with Crippen molar-refractivity contribution < 1.29 is 23.4 Å². The minimum absolute atomic E-state index is 0.126. The van der Waals surface area contributed by atoms with Crippen LogP contribution in [0, 0.1) is 11.6 Å². The minimum atomic E-state index is -1.34. The van der Waals surface area contributed by atoms with Gasteiger partial charge in [-0.1, -0.05) is 0 Å². The summed E-state index contributed by atoms with van der Waals surface area (Å²) in [5.74, 6) is -3.01. The Bertz CT molecular complexity index is 476. The maximum Gasteiger partial charge on any atom is 0.335 e. The second kappa shape index (κ2) is 6.17. The van der Waals surface area contributed by atoms with Gasteiger partial charge in [0.05, 0.1) is 11.7 Å². The number of rotatable bonds is 4. The first kappa shape index (κ1) is 14.7. The van der Waals surface area contributed by atoms with Crippen LogP contribution < -0.4 is 4.90 Å². The highest BCUT2D eigenvalue weighted by Gasteiger charge is 2.25. The number of piperidine rings is 1. The van der Waals surface area contributed by atoms with Gasteiger partial charge in [0, 0.05) is 19.7 Å². The van der Waals surface area contributed by atoms with Gasteiger partial charge in [-0.2, -0.15) is 0 Å². The van der Waals surface area contributed by atoms with Crippen LogP contribution in [0.25, 0.3) is 0 Å². The Balaban J connectivity index is 2.16. The molecule has 0 radical (unpaired) electrons. The third kappa shape index (κ3) is 3.07. The van der Waals surface area contributed by atoms with Crippen LogP contribution in [0.5, 0.6) is 0 Å². The molecule has 0 amide bonds. The molecule has 1 aliphatic heterocycles. The average molecular weight is 285 g/mol. The highest BCUT2D eigenvalue weighted by atomic mass is 19.1. The standard InChI is InChI=1S/C14H17F2NO3/c1-2-20-10-3-5-17(6-4-10)13-11(15)7-9(14(18)19)8-12(13)16/h7-8,10H,2-6H2,1H3,(H,18,19). The maximum absolute atomic E-state index is 13.9. The summed E-state index contributed by atoms with van der Waals surface area (Å²) in [6.45, 7) is 3.52. The molecule has 1 N–H and O–H groups in total. The number of hydrogen-bond donors (Lipinski definition) is 1. The molecule has 2 rings (SSSR count). The zero-order chi connectivity index (χ0) is 14.7. The lowest BCUT2D eigenvalue weighted by molar-refractivity contribution is 0.0457. The van der Waals surface area contributed by atoms with E-state index in [0.29, 0.717) is 32.5 Å². The number of nitrogens with zero attached hydrogens (tertiary/aromatic N) is 1. The lowest BCUT2D eigenvalue weighted by Gasteiger charge is -2.33. The minimum Gasteiger partial charge on any atom is -0.478 e. The third-order valence-electron chi connectivity index (χ3n) is 3.42. The van der Waals surface area contributed by atoms with Gasteiger partial charge in [0.2, 0.25) is 0 Å². The largest absolute Gasteiger partial charge is 0.478 e. The second-order valence-electron chi connectivity index (χ2n) is 4.74. The molecule has 1 saturated heterocycles. The van der Waals surface area contributed by atoms with Crippen molar-refractivity contribution >= 4 is 11.7 Å². The first-order valence-corrected chi connectivity index (χ1v) is 6.61. The normalized spacial score (nSPS) is 16.4. The molecule has 1 aromatic rings. The Morgan fingerprint density at radius 1 is 1.35 bits per heavy atom. The molecule has 0 unspecified atom stereocenters. The number of aromatic carboxylic acids is 1. The molecular weight excluding hydrogens is 268 g/mol. The summed E-state index contributed by atoms with van der Waals surface area (Å²) in [5.41, 5.74) is -0.530. The van der Waals surface area contributed by atoms with Crippen molar-refractivity contribution in [1.29, 1.82) is 0 Å². The van der Waals surface area contributed by atoms with Crippen LogP contribution in [0.15, 0.2) is 12.1 Å². The van der Waals surface area contributed by atoms with Gasteiger partial charge in [0.25, 0.3) is 0 Å². The Hall–Kier alpha value is -1.69. The van der Waals surface area contributed by atoms with Crippen LogP contribution >= 0.6 is 0 Å². The van der Waals surface area contributed by atoms with E-state index in [0.717, 1.165) is 12.1 Å². The molecule has 20 heavy (non-hydrogen) atoms. The fraction of sp³-hybridized carbons (Fsp3) is 0.500. The van der Waals surface area contributed by atoms with Crippen molar-refractivity contribution in [2.24, 2.45) is 0 Å². The quantitative estimate of drug-likeness (QED) is 0.924. The van der Waals surface area contributed by atoms with Crippen LogP contribution in [0.1, 0.15) is 30.1 Å². The van der Waals surface area contributed by atoms with Gasteiger partial charge >= 0.3 is 5.97 Å². The molecule has 0 saturated carbocycles. The number of ether oxygens (including phenoxy) is 1. The van der Waals surface area contributed by atoms with E-state index in [9.17, 15) is 13.6 Å². The topological polar surface area (TPSA) is 49.8 Å². The smallest absolute Gasteiger partial charge is 0.335 e. The number of carboxylic acids is 1. The van der Waals surface area contributed by atoms with Crippen molar-refractivity contribution in [2.45, 2.75) is 25.9 Å². The lowest BCUT2D eigenvalue weighted by Crippen LogP contribution is -2.38. The summed E-state index contributed by atoms with van der Waals surface area (Å²) in [6.07, 6.45) is 1.53. The van der Waals surface area contributed by atoms with Crippen molar-refractivity contribution in [2.75, 3.05) is 24.6 Å². The Labute approximate surface area is 116 Å². The van der Waals surface area contributed by atoms with Crippen molar-refractivity contribution in [3.63, 3.8) is 0 Å². The van der Waals surface area contributed by atoms with Crippen LogP contribution in [-0.2, 0) is 4.74 Å². The summed E-state index contributed by atoms with van der Waals surface area (Å²) in [5, 5.41) is 8.77. The molecule has 6 heteroatoms. The molecule has 110 valence electrons. The van der Waals surface area contributed by atoms with Gasteiger partial charge < -0.3 is 14.7 Å². The third-order valence-corrected chi connectivity index (χ3v) is 3.42. The van der Waals surface area contributed by atoms with E-state index >= 15 is 0 Å². The van der Waals surface area contributed by atoms with E-state index in [2.05, 4.69) is 0 Å². The van der Waals surface area contributed by atoms with Crippen LogP contribution in [0.3, 0.4) is 0 Å². The number of carbonyl (C=O) groups is 1. The van der Waals surface area contributed by atoms with E-state index < -0.39 is 17.6 Å². The number of hydrogen-bond acceptors (Lipinski definition) is 3. The molecule has 1 fully saturated rings. The second-order valence-corrected chi connectivity index (χ2v) is 4.74. The van der Waals surface area contributed by atoms with E-state index in [1.165, 1.54) is 0 Å². The van der Waals surface area contributed by atoms with Crippen molar-refractivity contribution in [3.8, 4) is 0 Å². The molecule has 0 atom stereocenters. The first-order chi connectivity index (χ1) is 9.52. The summed E-state index contributed by atoms with van der Waals surface area (Å²) in [6, 6.07) is 1.71. The highest BCUT2D eigenvalue weighted by molar-refractivity contribution is 5.88. The molecule has 4 nitrogen and oxygen atoms in total. The monoisotopic (exact) mass is 285 g/mol. The van der Waals surface area contributed by atoms with Crippen LogP contribution in [0.2, 0.25) is 0 Å². The van der Waals surface area contributed by atoms with E-state index in [-0.39, 0.29) is 17.4 Å². The van der Waals surface area contributed by atoms with Gasteiger partial charge in [-0.3, -0.25) is 0 Å². The Kier molecular flexibility index (Phi) is 4.54. The number of benzene rings is 1. The van der Waals surface area contributed by atoms with Gasteiger partial charge in [0.15, 0.2) is 0 Å². The molecular formula is C14H17F2NO3. The first-order valence-electron chi connectivity index (χ1n) is 6.61. The molecule has 0 aromatic heterocycles. The SMILES string of the molecule is CCOC1CCN(c2c(F)cc(C(=O)O)cc2F)CC1. The molecule has 1 heterocycles. The zero-order valence-corrected chi connectivity index (χ0v) is 11.2. The summed E-state index contributed by atoms with van der Waals surface area (Å²) in [4.78, 5) is 12.3. The zero-order valence-electron chi connectivity index (χ0n) is 11.2. The maximum atomic E-state index is 13.9. The summed E-state index contributed by atoms with van der Waals surface area (Å²) in [7, 11) is 0. The fourth-order valence-corrected chi connectivity index (χ4v) is 2.47. The van der Waals surface area contributed by atoms with Crippen molar-refractivity contribution in [3.05, 3.63) is 29.3 Å². The average Bonchev–Trinajstić information content (AvgIpc) is 2.40. The molecule has 1 aliphatic rings. The van der Waals surface area contributed by atoms with Gasteiger partial charge in [-0.25, -0.2) is 13.6 Å². The van der Waals surface area contributed by atoms with E-state index in [4.69, 9.17) is 9.84 Å². The predicted octanol–water partition coefficient (Wildman–Crippen LogP) is 2.67. The Morgan fingerprint density at radius 2 is 1.90 bits per heavy atom.